The summed E-state index contributed by atoms with van der Waals surface area (Å²) in [6.07, 6.45) is 0. The second-order valence-corrected chi connectivity index (χ2v) is 3.95. The van der Waals surface area contributed by atoms with Crippen molar-refractivity contribution in [3.8, 4) is 0 Å². The predicted molar refractivity (Wildman–Crippen MR) is 56.9 cm³/mol. The Kier molecular flexibility index (Phi) is 4.35. The average Bonchev–Trinajstić information content (AvgIpc) is 2.11. The van der Waals surface area contributed by atoms with Gasteiger partial charge in [0.25, 0.3) is 0 Å². The van der Waals surface area contributed by atoms with E-state index in [0.717, 1.165) is 5.69 Å². The maximum atomic E-state index is 8.57. The van der Waals surface area contributed by atoms with Crippen LogP contribution in [0, 0.1) is 0 Å². The number of aromatic nitrogens is 1. The summed E-state index contributed by atoms with van der Waals surface area (Å²) < 4.78 is 0. The molecule has 5 heteroatoms. The average molecular weight is 219 g/mol. The summed E-state index contributed by atoms with van der Waals surface area (Å²) in [5.41, 5.74) is 6.28. The molecule has 1 heterocycles. The van der Waals surface area contributed by atoms with Crippen LogP contribution in [-0.4, -0.2) is 22.5 Å². The molecule has 0 atom stereocenters. The van der Waals surface area contributed by atoms with Crippen molar-refractivity contribution in [2.45, 2.75) is 5.75 Å². The van der Waals surface area contributed by atoms with Gasteiger partial charge in [0.15, 0.2) is 0 Å². The Morgan fingerprint density at radius 2 is 2.31 bits per heavy atom. The van der Waals surface area contributed by atoms with Crippen molar-refractivity contribution in [1.29, 1.82) is 0 Å². The van der Waals surface area contributed by atoms with Gasteiger partial charge in [-0.1, -0.05) is 11.6 Å². The van der Waals surface area contributed by atoms with Gasteiger partial charge in [-0.15, -0.1) is 0 Å². The molecule has 0 spiro atoms. The zero-order valence-corrected chi connectivity index (χ0v) is 8.61. The summed E-state index contributed by atoms with van der Waals surface area (Å²) >= 11 is 7.46. The molecule has 0 aliphatic rings. The van der Waals surface area contributed by atoms with Crippen LogP contribution in [0.15, 0.2) is 12.1 Å². The fourth-order valence-electron chi connectivity index (χ4n) is 0.836. The summed E-state index contributed by atoms with van der Waals surface area (Å²) in [6.45, 7) is 0.171. The highest BCUT2D eigenvalue weighted by atomic mass is 35.5. The zero-order chi connectivity index (χ0) is 9.68. The lowest BCUT2D eigenvalue weighted by atomic mass is 10.4. The quantitative estimate of drug-likeness (QED) is 0.753. The van der Waals surface area contributed by atoms with E-state index in [1.54, 1.807) is 23.9 Å². The van der Waals surface area contributed by atoms with Crippen molar-refractivity contribution >= 4 is 29.2 Å². The third-order valence-corrected chi connectivity index (χ3v) is 2.71. The highest BCUT2D eigenvalue weighted by molar-refractivity contribution is 7.98. The first-order valence-electron chi connectivity index (χ1n) is 3.83. The molecule has 3 N–H and O–H groups in total. The van der Waals surface area contributed by atoms with Gasteiger partial charge in [0.05, 0.1) is 17.3 Å². The molecule has 1 aromatic heterocycles. The number of thioether (sulfide) groups is 1. The standard InChI is InChI=1S/C8H11ClN2OS/c9-6-1-2-8(10)11-7(6)5-13-4-3-12/h1-2,12H,3-5H2,(H2,10,11). The number of rotatable bonds is 4. The molecule has 0 saturated heterocycles. The van der Waals surface area contributed by atoms with Crippen LogP contribution >= 0.6 is 23.4 Å². The molecule has 0 saturated carbocycles. The van der Waals surface area contributed by atoms with Crippen molar-refractivity contribution in [3.63, 3.8) is 0 Å². The maximum absolute atomic E-state index is 8.57. The van der Waals surface area contributed by atoms with E-state index in [0.29, 0.717) is 22.3 Å². The Morgan fingerprint density at radius 1 is 1.54 bits per heavy atom. The van der Waals surface area contributed by atoms with E-state index in [2.05, 4.69) is 4.98 Å². The molecule has 0 aliphatic carbocycles. The molecule has 0 aromatic carbocycles. The molecule has 0 bridgehead atoms. The molecule has 13 heavy (non-hydrogen) atoms. The summed E-state index contributed by atoms with van der Waals surface area (Å²) in [5.74, 6) is 1.85. The van der Waals surface area contributed by atoms with Gasteiger partial charge in [-0.25, -0.2) is 4.98 Å². The molecule has 3 nitrogen and oxygen atoms in total. The monoisotopic (exact) mass is 218 g/mol. The van der Waals surface area contributed by atoms with E-state index < -0.39 is 0 Å². The van der Waals surface area contributed by atoms with E-state index >= 15 is 0 Å². The van der Waals surface area contributed by atoms with Crippen molar-refractivity contribution in [3.05, 3.63) is 22.8 Å². The Labute approximate surface area is 86.3 Å². The Morgan fingerprint density at radius 3 is 3.00 bits per heavy atom. The Bertz CT molecular complexity index is 283. The van der Waals surface area contributed by atoms with Gasteiger partial charge >= 0.3 is 0 Å². The van der Waals surface area contributed by atoms with E-state index in [-0.39, 0.29) is 6.61 Å². The number of hydrogen-bond donors (Lipinski definition) is 2. The number of aliphatic hydroxyl groups is 1. The predicted octanol–water partition coefficient (Wildman–Crippen LogP) is 1.54. The lowest BCUT2D eigenvalue weighted by molar-refractivity contribution is 0.322. The van der Waals surface area contributed by atoms with Crippen LogP contribution in [0.5, 0.6) is 0 Å². The fraction of sp³-hybridized carbons (Fsp3) is 0.375. The molecule has 72 valence electrons. The van der Waals surface area contributed by atoms with Crippen LogP contribution in [0.2, 0.25) is 5.02 Å². The number of aliphatic hydroxyl groups excluding tert-OH is 1. The topological polar surface area (TPSA) is 59.1 Å². The first kappa shape index (κ1) is 10.6. The highest BCUT2D eigenvalue weighted by Gasteiger charge is 2.02. The number of nitrogen functional groups attached to an aromatic ring is 1. The van der Waals surface area contributed by atoms with Crippen molar-refractivity contribution in [2.24, 2.45) is 0 Å². The SMILES string of the molecule is Nc1ccc(Cl)c(CSCCO)n1. The number of nitrogens with zero attached hydrogens (tertiary/aromatic N) is 1. The second-order valence-electron chi connectivity index (χ2n) is 2.44. The summed E-state index contributed by atoms with van der Waals surface area (Å²) in [7, 11) is 0. The van der Waals surface area contributed by atoms with Gasteiger partial charge in [-0.3, -0.25) is 0 Å². The zero-order valence-electron chi connectivity index (χ0n) is 7.03. The second kappa shape index (κ2) is 5.32. The molecular formula is C8H11ClN2OS. The first-order valence-corrected chi connectivity index (χ1v) is 5.37. The van der Waals surface area contributed by atoms with Crippen molar-refractivity contribution < 1.29 is 5.11 Å². The number of halogens is 1. The number of anilines is 1. The fourth-order valence-corrected chi connectivity index (χ4v) is 1.77. The minimum absolute atomic E-state index is 0.171. The smallest absolute Gasteiger partial charge is 0.123 e. The van der Waals surface area contributed by atoms with Crippen LogP contribution in [0.25, 0.3) is 0 Å². The Balaban J connectivity index is 2.59. The number of hydrogen-bond acceptors (Lipinski definition) is 4. The molecule has 0 aliphatic heterocycles. The van der Waals surface area contributed by atoms with Gasteiger partial charge in [0, 0.05) is 11.5 Å². The number of pyridine rings is 1. The lowest BCUT2D eigenvalue weighted by Gasteiger charge is -2.03. The van der Waals surface area contributed by atoms with Crippen LogP contribution in [0.1, 0.15) is 5.69 Å². The van der Waals surface area contributed by atoms with E-state index in [1.807, 2.05) is 0 Å². The van der Waals surface area contributed by atoms with Crippen molar-refractivity contribution in [2.75, 3.05) is 18.1 Å². The van der Waals surface area contributed by atoms with Crippen molar-refractivity contribution in [1.82, 2.24) is 4.98 Å². The lowest BCUT2D eigenvalue weighted by Crippen LogP contribution is -1.96. The highest BCUT2D eigenvalue weighted by Crippen LogP contribution is 2.20. The number of nitrogens with two attached hydrogens (primary N) is 1. The molecule has 0 unspecified atom stereocenters. The molecule has 0 fully saturated rings. The molecule has 0 radical (unpaired) electrons. The van der Waals surface area contributed by atoms with Gasteiger partial charge in [-0.2, -0.15) is 11.8 Å². The van der Waals surface area contributed by atoms with Gasteiger partial charge in [-0.05, 0) is 12.1 Å². The van der Waals surface area contributed by atoms with E-state index in [1.165, 1.54) is 0 Å². The van der Waals surface area contributed by atoms with Gasteiger partial charge in [0.1, 0.15) is 5.82 Å². The van der Waals surface area contributed by atoms with Crippen LogP contribution < -0.4 is 5.73 Å². The molecule has 1 rings (SSSR count). The molecular weight excluding hydrogens is 208 g/mol. The molecule has 0 amide bonds. The third-order valence-electron chi connectivity index (χ3n) is 1.41. The van der Waals surface area contributed by atoms with E-state index in [4.69, 9.17) is 22.4 Å². The minimum Gasteiger partial charge on any atom is -0.396 e. The summed E-state index contributed by atoms with van der Waals surface area (Å²) in [6, 6.07) is 3.40. The van der Waals surface area contributed by atoms with E-state index in [9.17, 15) is 0 Å². The molecule has 1 aromatic rings. The van der Waals surface area contributed by atoms with Crippen LogP contribution in [0.3, 0.4) is 0 Å². The Hall–Kier alpha value is -0.450. The third kappa shape index (κ3) is 3.42. The first-order chi connectivity index (χ1) is 6.24. The largest absolute Gasteiger partial charge is 0.396 e. The summed E-state index contributed by atoms with van der Waals surface area (Å²) in [5, 5.41) is 9.19. The summed E-state index contributed by atoms with van der Waals surface area (Å²) in [4.78, 5) is 4.09. The minimum atomic E-state index is 0.171. The maximum Gasteiger partial charge on any atom is 0.123 e. The van der Waals surface area contributed by atoms with Crippen LogP contribution in [-0.2, 0) is 5.75 Å². The normalized spacial score (nSPS) is 10.3. The van der Waals surface area contributed by atoms with Crippen LogP contribution in [0.4, 0.5) is 5.82 Å². The van der Waals surface area contributed by atoms with Gasteiger partial charge < -0.3 is 10.8 Å². The van der Waals surface area contributed by atoms with Gasteiger partial charge in [0.2, 0.25) is 0 Å².